The molecular weight excluding hydrogens is 324 g/mol. The Morgan fingerprint density at radius 3 is 2.35 bits per heavy atom. The molecule has 0 heterocycles. The lowest BCUT2D eigenvalue weighted by Gasteiger charge is -2.17. The van der Waals surface area contributed by atoms with Crippen molar-refractivity contribution in [1.82, 2.24) is 10.6 Å². The van der Waals surface area contributed by atoms with Crippen molar-refractivity contribution in [2.24, 2.45) is 4.99 Å². The van der Waals surface area contributed by atoms with Crippen molar-refractivity contribution < 1.29 is 4.74 Å². The number of rotatable bonds is 7. The van der Waals surface area contributed by atoms with Crippen molar-refractivity contribution in [3.63, 3.8) is 0 Å². The van der Waals surface area contributed by atoms with Crippen molar-refractivity contribution in [3.05, 3.63) is 59.2 Å². The summed E-state index contributed by atoms with van der Waals surface area (Å²) in [5.74, 6) is 1.68. The van der Waals surface area contributed by atoms with E-state index in [0.29, 0.717) is 13.2 Å². The molecule has 0 spiro atoms. The third-order valence-corrected chi connectivity index (χ3v) is 4.23. The number of nitrogens with one attached hydrogen (secondary N) is 2. The molecule has 0 aliphatic heterocycles. The van der Waals surface area contributed by atoms with Gasteiger partial charge in [0.05, 0.1) is 6.61 Å². The quantitative estimate of drug-likeness (QED) is 0.591. The summed E-state index contributed by atoms with van der Waals surface area (Å²) in [5.41, 5.74) is 4.85. The summed E-state index contributed by atoms with van der Waals surface area (Å²) < 4.78 is 5.67. The Morgan fingerprint density at radius 2 is 1.73 bits per heavy atom. The second-order valence-electron chi connectivity index (χ2n) is 6.33. The van der Waals surface area contributed by atoms with E-state index in [1.807, 2.05) is 25.1 Å². The lowest BCUT2D eigenvalue weighted by molar-refractivity contribution is 0.336. The van der Waals surface area contributed by atoms with Crippen LogP contribution in [0.3, 0.4) is 0 Å². The fraction of sp³-hybridized carbons (Fsp3) is 0.381. The van der Waals surface area contributed by atoms with E-state index < -0.39 is 0 Å². The lowest BCUT2D eigenvalue weighted by Crippen LogP contribution is -2.36. The van der Waals surface area contributed by atoms with Crippen LogP contribution in [0, 0.1) is 6.92 Å². The van der Waals surface area contributed by atoms with Crippen LogP contribution in [0.2, 0.25) is 0 Å². The molecule has 0 bridgehead atoms. The maximum absolute atomic E-state index is 5.67. The van der Waals surface area contributed by atoms with Crippen LogP contribution in [-0.4, -0.2) is 33.7 Å². The van der Waals surface area contributed by atoms with Crippen LogP contribution in [0.25, 0.3) is 0 Å². The number of benzene rings is 2. The molecule has 5 heteroatoms. The van der Waals surface area contributed by atoms with Crippen molar-refractivity contribution in [2.45, 2.75) is 26.9 Å². The molecule has 140 valence electrons. The normalized spacial score (nSPS) is 11.2. The molecule has 0 aliphatic rings. The maximum atomic E-state index is 5.67. The molecule has 0 aromatic heterocycles. The van der Waals surface area contributed by atoms with Gasteiger partial charge < -0.3 is 20.3 Å². The van der Waals surface area contributed by atoms with Gasteiger partial charge in [0.25, 0.3) is 0 Å². The molecule has 2 N–H and O–H groups in total. The SMILES string of the molecule is CCOc1ccccc1CNC(=NC)NCc1ccc(N(C)C)cc1C. The highest BCUT2D eigenvalue weighted by Gasteiger charge is 2.06. The molecule has 0 aliphatic carbocycles. The Morgan fingerprint density at radius 1 is 1.04 bits per heavy atom. The molecule has 0 unspecified atom stereocenters. The van der Waals surface area contributed by atoms with E-state index in [1.165, 1.54) is 16.8 Å². The number of para-hydroxylation sites is 1. The zero-order valence-corrected chi connectivity index (χ0v) is 16.5. The Hall–Kier alpha value is -2.69. The second-order valence-corrected chi connectivity index (χ2v) is 6.33. The molecule has 0 atom stereocenters. The Bertz CT molecular complexity index is 741. The van der Waals surface area contributed by atoms with Gasteiger partial charge in [-0.1, -0.05) is 24.3 Å². The predicted molar refractivity (Wildman–Crippen MR) is 110 cm³/mol. The molecule has 0 radical (unpaired) electrons. The smallest absolute Gasteiger partial charge is 0.191 e. The van der Waals surface area contributed by atoms with Crippen molar-refractivity contribution >= 4 is 11.6 Å². The molecule has 2 aromatic rings. The van der Waals surface area contributed by atoms with Gasteiger partial charge in [0.1, 0.15) is 5.75 Å². The number of hydrogen-bond acceptors (Lipinski definition) is 3. The van der Waals surface area contributed by atoms with Gasteiger partial charge in [-0.05, 0) is 43.2 Å². The van der Waals surface area contributed by atoms with Gasteiger partial charge in [-0.3, -0.25) is 4.99 Å². The first-order valence-corrected chi connectivity index (χ1v) is 8.97. The van der Waals surface area contributed by atoms with E-state index in [2.05, 4.69) is 65.8 Å². The summed E-state index contributed by atoms with van der Waals surface area (Å²) in [6.45, 7) is 6.18. The Balaban J connectivity index is 1.94. The average molecular weight is 354 g/mol. The van der Waals surface area contributed by atoms with Crippen molar-refractivity contribution in [1.29, 1.82) is 0 Å². The molecule has 0 fully saturated rings. The van der Waals surface area contributed by atoms with Crippen LogP contribution in [-0.2, 0) is 13.1 Å². The zero-order valence-electron chi connectivity index (χ0n) is 16.5. The number of ether oxygens (including phenoxy) is 1. The van der Waals surface area contributed by atoms with Crippen LogP contribution < -0.4 is 20.3 Å². The predicted octanol–water partition coefficient (Wildman–Crippen LogP) is 3.32. The molecular formula is C21H30N4O. The Labute approximate surface area is 157 Å². The third-order valence-electron chi connectivity index (χ3n) is 4.23. The number of anilines is 1. The van der Waals surface area contributed by atoms with Crippen LogP contribution in [0.5, 0.6) is 5.75 Å². The topological polar surface area (TPSA) is 48.9 Å². The minimum Gasteiger partial charge on any atom is -0.494 e. The van der Waals surface area contributed by atoms with E-state index in [9.17, 15) is 0 Å². The zero-order chi connectivity index (χ0) is 18.9. The molecule has 2 rings (SSSR count). The van der Waals surface area contributed by atoms with Crippen LogP contribution in [0.1, 0.15) is 23.6 Å². The monoisotopic (exact) mass is 354 g/mol. The van der Waals surface area contributed by atoms with Crippen molar-refractivity contribution in [3.8, 4) is 5.75 Å². The molecule has 0 saturated heterocycles. The highest BCUT2D eigenvalue weighted by atomic mass is 16.5. The molecule has 0 saturated carbocycles. The van der Waals surface area contributed by atoms with Crippen LogP contribution >= 0.6 is 0 Å². The van der Waals surface area contributed by atoms with E-state index in [-0.39, 0.29) is 0 Å². The van der Waals surface area contributed by atoms with Gasteiger partial charge in [0.15, 0.2) is 5.96 Å². The number of aliphatic imine (C=N–C) groups is 1. The van der Waals surface area contributed by atoms with Crippen molar-refractivity contribution in [2.75, 3.05) is 32.6 Å². The van der Waals surface area contributed by atoms with E-state index in [4.69, 9.17) is 4.74 Å². The number of aryl methyl sites for hydroxylation is 1. The molecule has 26 heavy (non-hydrogen) atoms. The summed E-state index contributed by atoms with van der Waals surface area (Å²) in [6.07, 6.45) is 0. The van der Waals surface area contributed by atoms with Gasteiger partial charge >= 0.3 is 0 Å². The van der Waals surface area contributed by atoms with Gasteiger partial charge in [-0.15, -0.1) is 0 Å². The summed E-state index contributed by atoms with van der Waals surface area (Å²) in [4.78, 5) is 6.43. The Kier molecular flexibility index (Phi) is 7.33. The summed E-state index contributed by atoms with van der Waals surface area (Å²) in [7, 11) is 5.89. The highest BCUT2D eigenvalue weighted by molar-refractivity contribution is 5.79. The fourth-order valence-corrected chi connectivity index (χ4v) is 2.68. The molecule has 5 nitrogen and oxygen atoms in total. The van der Waals surface area contributed by atoms with Gasteiger partial charge in [0, 0.05) is 45.5 Å². The van der Waals surface area contributed by atoms with Gasteiger partial charge in [-0.2, -0.15) is 0 Å². The minimum atomic E-state index is 0.659. The number of nitrogens with zero attached hydrogens (tertiary/aromatic N) is 2. The molecule has 2 aromatic carbocycles. The first-order chi connectivity index (χ1) is 12.5. The lowest BCUT2D eigenvalue weighted by atomic mass is 10.1. The van der Waals surface area contributed by atoms with E-state index in [1.54, 1.807) is 7.05 Å². The second kappa shape index (κ2) is 9.70. The number of guanidine groups is 1. The van der Waals surface area contributed by atoms with E-state index in [0.717, 1.165) is 23.8 Å². The van der Waals surface area contributed by atoms with Crippen LogP contribution in [0.4, 0.5) is 5.69 Å². The largest absolute Gasteiger partial charge is 0.494 e. The standard InChI is InChI=1S/C21H30N4O/c1-6-26-20-10-8-7-9-18(20)15-24-21(22-3)23-14-17-11-12-19(25(4)5)13-16(17)2/h7-13H,6,14-15H2,1-5H3,(H2,22,23,24). The number of hydrogen-bond donors (Lipinski definition) is 2. The first kappa shape index (κ1) is 19.6. The van der Waals surface area contributed by atoms with E-state index >= 15 is 0 Å². The highest BCUT2D eigenvalue weighted by Crippen LogP contribution is 2.18. The summed E-state index contributed by atoms with van der Waals surface area (Å²) >= 11 is 0. The third kappa shape index (κ3) is 5.41. The first-order valence-electron chi connectivity index (χ1n) is 8.97. The molecule has 0 amide bonds. The summed E-state index contributed by atoms with van der Waals surface area (Å²) in [6, 6.07) is 14.6. The van der Waals surface area contributed by atoms with Gasteiger partial charge in [-0.25, -0.2) is 0 Å². The minimum absolute atomic E-state index is 0.659. The summed E-state index contributed by atoms with van der Waals surface area (Å²) in [5, 5.41) is 6.74. The maximum Gasteiger partial charge on any atom is 0.191 e. The fourth-order valence-electron chi connectivity index (χ4n) is 2.68. The van der Waals surface area contributed by atoms with Gasteiger partial charge in [0.2, 0.25) is 0 Å². The average Bonchev–Trinajstić information content (AvgIpc) is 2.64. The van der Waals surface area contributed by atoms with Crippen LogP contribution in [0.15, 0.2) is 47.5 Å².